The number of nitro benzene ring substituents is 1. The Hall–Kier alpha value is -3.70. The number of nitrogens with one attached hydrogen (secondary N) is 1. The average Bonchev–Trinajstić information content (AvgIpc) is 3.06. The highest BCUT2D eigenvalue weighted by Crippen LogP contribution is 2.32. The van der Waals surface area contributed by atoms with E-state index in [-0.39, 0.29) is 33.5 Å². The van der Waals surface area contributed by atoms with E-state index < -0.39 is 34.5 Å². The molecule has 0 atom stereocenters. The minimum Gasteiger partial charge on any atom is -0.462 e. The van der Waals surface area contributed by atoms with Crippen molar-refractivity contribution in [2.45, 2.75) is 13.3 Å². The summed E-state index contributed by atoms with van der Waals surface area (Å²) in [5, 5.41) is 12.8. The minimum absolute atomic E-state index is 0.0742. The van der Waals surface area contributed by atoms with E-state index in [0.717, 1.165) is 4.90 Å². The lowest BCUT2D eigenvalue weighted by Crippen LogP contribution is -2.36. The summed E-state index contributed by atoms with van der Waals surface area (Å²) in [6.07, 6.45) is 2.05. The smallest absolute Gasteiger partial charge is 0.339 e. The van der Waals surface area contributed by atoms with Crippen LogP contribution in [0.3, 0.4) is 0 Å². The van der Waals surface area contributed by atoms with Gasteiger partial charge in [0.15, 0.2) is 0 Å². The number of carbonyl (C=O) groups is 4. The summed E-state index contributed by atoms with van der Waals surface area (Å²) in [6, 6.07) is 9.70. The lowest BCUT2D eigenvalue weighted by Gasteiger charge is -2.13. The topological polar surface area (TPSA) is 136 Å². The predicted octanol–water partition coefficient (Wildman–Crippen LogP) is 4.49. The molecular weight excluding hydrogens is 486 g/mol. The van der Waals surface area contributed by atoms with Crippen LogP contribution in [0.1, 0.15) is 29.3 Å². The zero-order valence-electron chi connectivity index (χ0n) is 17.8. The first-order chi connectivity index (χ1) is 16.2. The number of nitrogens with zero attached hydrogens (tertiary/aromatic N) is 2. The number of esters is 1. The summed E-state index contributed by atoms with van der Waals surface area (Å²) < 4.78 is 5.06. The number of thioether (sulfide) groups is 1. The van der Waals surface area contributed by atoms with Gasteiger partial charge in [0, 0.05) is 17.8 Å². The molecule has 0 saturated carbocycles. The van der Waals surface area contributed by atoms with Crippen LogP contribution in [0.15, 0.2) is 47.4 Å². The van der Waals surface area contributed by atoms with Crippen molar-refractivity contribution in [3.63, 3.8) is 0 Å². The first-order valence-electron chi connectivity index (χ1n) is 9.96. The Kier molecular flexibility index (Phi) is 8.03. The number of non-ortho nitro benzene ring substituents is 1. The van der Waals surface area contributed by atoms with E-state index in [9.17, 15) is 29.3 Å². The number of nitro groups is 1. The van der Waals surface area contributed by atoms with Crippen molar-refractivity contribution in [2.24, 2.45) is 0 Å². The van der Waals surface area contributed by atoms with Crippen LogP contribution in [0.25, 0.3) is 6.08 Å². The fourth-order valence-corrected chi connectivity index (χ4v) is 3.89. The maximum Gasteiger partial charge on any atom is 0.339 e. The second kappa shape index (κ2) is 10.9. The van der Waals surface area contributed by atoms with E-state index in [1.54, 1.807) is 0 Å². The van der Waals surface area contributed by atoms with Gasteiger partial charge in [-0.1, -0.05) is 18.5 Å². The molecule has 0 bridgehead atoms. The van der Waals surface area contributed by atoms with Crippen LogP contribution >= 0.6 is 23.4 Å². The molecule has 2 aromatic carbocycles. The van der Waals surface area contributed by atoms with Gasteiger partial charge in [0.05, 0.1) is 27.0 Å². The predicted molar refractivity (Wildman–Crippen MR) is 126 cm³/mol. The van der Waals surface area contributed by atoms with Crippen molar-refractivity contribution < 1.29 is 28.8 Å². The zero-order chi connectivity index (χ0) is 24.8. The van der Waals surface area contributed by atoms with Crippen LogP contribution in [0.5, 0.6) is 0 Å². The SMILES string of the molecule is CCCOC(=O)c1cc(NC(=O)CN2C(=O)S/C(=C/c3ccc([N+](=O)[O-])cc3)C2=O)ccc1Cl. The molecule has 2 aromatic rings. The normalized spacial score (nSPS) is 14.4. The number of benzene rings is 2. The Morgan fingerprint density at radius 1 is 1.21 bits per heavy atom. The molecule has 1 aliphatic heterocycles. The quantitative estimate of drug-likeness (QED) is 0.241. The van der Waals surface area contributed by atoms with Gasteiger partial charge >= 0.3 is 5.97 Å². The maximum atomic E-state index is 12.6. The molecule has 10 nitrogen and oxygen atoms in total. The number of carbonyl (C=O) groups excluding carboxylic acids is 4. The molecule has 0 radical (unpaired) electrons. The first kappa shape index (κ1) is 24.9. The highest BCUT2D eigenvalue weighted by atomic mass is 35.5. The highest BCUT2D eigenvalue weighted by molar-refractivity contribution is 8.18. The van der Waals surface area contributed by atoms with Crippen LogP contribution in [-0.2, 0) is 14.3 Å². The molecule has 0 aliphatic carbocycles. The Balaban J connectivity index is 1.67. The van der Waals surface area contributed by atoms with E-state index in [1.165, 1.54) is 48.5 Å². The number of anilines is 1. The van der Waals surface area contributed by atoms with E-state index >= 15 is 0 Å². The lowest BCUT2D eigenvalue weighted by atomic mass is 10.2. The fraction of sp³-hybridized carbons (Fsp3) is 0.182. The van der Waals surface area contributed by atoms with Gasteiger partial charge in [-0.25, -0.2) is 4.79 Å². The molecule has 0 unspecified atom stereocenters. The third-order valence-electron chi connectivity index (χ3n) is 4.48. The number of halogens is 1. The molecular formula is C22H18ClN3O7S. The van der Waals surface area contributed by atoms with Gasteiger partial charge in [-0.15, -0.1) is 0 Å². The second-order valence-corrected chi connectivity index (χ2v) is 8.40. The summed E-state index contributed by atoms with van der Waals surface area (Å²) in [4.78, 5) is 60.5. The van der Waals surface area contributed by atoms with E-state index in [1.807, 2.05) is 6.92 Å². The fourth-order valence-electron chi connectivity index (χ4n) is 2.86. The number of hydrogen-bond acceptors (Lipinski definition) is 8. The molecule has 3 amide bonds. The average molecular weight is 504 g/mol. The van der Waals surface area contributed by atoms with Gasteiger partial charge in [0.1, 0.15) is 6.54 Å². The standard InChI is InChI=1S/C22H18ClN3O7S/c1-2-9-33-21(29)16-11-14(5-8-17(16)23)24-19(27)12-25-20(28)18(34-22(25)30)10-13-3-6-15(7-4-13)26(31)32/h3-8,10-11H,2,9,12H2,1H3,(H,24,27)/b18-10+. The molecule has 3 rings (SSSR count). The molecule has 0 spiro atoms. The number of rotatable bonds is 8. The Labute approximate surface area is 203 Å². The van der Waals surface area contributed by atoms with Crippen LogP contribution in [0.2, 0.25) is 5.02 Å². The van der Waals surface area contributed by atoms with E-state index in [4.69, 9.17) is 16.3 Å². The van der Waals surface area contributed by atoms with Crippen molar-refractivity contribution >= 4 is 63.8 Å². The summed E-state index contributed by atoms with van der Waals surface area (Å²) in [5.41, 5.74) is 0.700. The molecule has 1 saturated heterocycles. The molecule has 0 aromatic heterocycles. The zero-order valence-corrected chi connectivity index (χ0v) is 19.4. The van der Waals surface area contributed by atoms with Gasteiger partial charge in [-0.2, -0.15) is 0 Å². The number of ether oxygens (including phenoxy) is 1. The van der Waals surface area contributed by atoms with E-state index in [0.29, 0.717) is 23.7 Å². The molecule has 1 aliphatic rings. The van der Waals surface area contributed by atoms with Crippen LogP contribution < -0.4 is 5.32 Å². The molecule has 1 N–H and O–H groups in total. The molecule has 176 valence electrons. The number of amides is 3. The van der Waals surface area contributed by atoms with Gasteiger partial charge < -0.3 is 10.1 Å². The first-order valence-corrected chi connectivity index (χ1v) is 11.2. The van der Waals surface area contributed by atoms with Gasteiger partial charge in [-0.05, 0) is 60.2 Å². The van der Waals surface area contributed by atoms with E-state index in [2.05, 4.69) is 5.32 Å². The Bertz CT molecular complexity index is 1200. The Morgan fingerprint density at radius 2 is 1.91 bits per heavy atom. The third kappa shape index (κ3) is 6.00. The van der Waals surface area contributed by atoms with Crippen molar-refractivity contribution in [1.29, 1.82) is 0 Å². The lowest BCUT2D eigenvalue weighted by molar-refractivity contribution is -0.384. The maximum absolute atomic E-state index is 12.6. The monoisotopic (exact) mass is 503 g/mol. The summed E-state index contributed by atoms with van der Waals surface area (Å²) in [7, 11) is 0. The third-order valence-corrected chi connectivity index (χ3v) is 5.72. The van der Waals surface area contributed by atoms with Crippen molar-refractivity contribution in [2.75, 3.05) is 18.5 Å². The van der Waals surface area contributed by atoms with Crippen LogP contribution in [0, 0.1) is 10.1 Å². The molecule has 34 heavy (non-hydrogen) atoms. The van der Waals surface area contributed by atoms with Crippen molar-refractivity contribution in [1.82, 2.24) is 4.90 Å². The highest BCUT2D eigenvalue weighted by Gasteiger charge is 2.36. The van der Waals surface area contributed by atoms with Crippen LogP contribution in [-0.4, -0.2) is 46.0 Å². The second-order valence-electron chi connectivity index (χ2n) is 7.00. The minimum atomic E-state index is -0.663. The van der Waals surface area contributed by atoms with Crippen molar-refractivity contribution in [3.05, 3.63) is 73.6 Å². The molecule has 1 heterocycles. The summed E-state index contributed by atoms with van der Waals surface area (Å²) in [5.74, 6) is -1.96. The summed E-state index contributed by atoms with van der Waals surface area (Å²) >= 11 is 6.69. The number of hydrogen-bond donors (Lipinski definition) is 1. The van der Waals surface area contributed by atoms with Gasteiger partial charge in [0.2, 0.25) is 5.91 Å². The number of imide groups is 1. The molecule has 1 fully saturated rings. The summed E-state index contributed by atoms with van der Waals surface area (Å²) in [6.45, 7) is 1.52. The Morgan fingerprint density at radius 3 is 2.56 bits per heavy atom. The molecule has 12 heteroatoms. The largest absolute Gasteiger partial charge is 0.462 e. The van der Waals surface area contributed by atoms with Gasteiger partial charge in [0.25, 0.3) is 16.8 Å². The van der Waals surface area contributed by atoms with Crippen LogP contribution in [0.4, 0.5) is 16.2 Å². The van der Waals surface area contributed by atoms with Gasteiger partial charge in [-0.3, -0.25) is 29.4 Å². The van der Waals surface area contributed by atoms with Crippen molar-refractivity contribution in [3.8, 4) is 0 Å².